The molecule has 18 heavy (non-hydrogen) atoms. The van der Waals surface area contributed by atoms with Gasteiger partial charge in [0.05, 0.1) is 6.10 Å². The van der Waals surface area contributed by atoms with Gasteiger partial charge in [-0.2, -0.15) is 0 Å². The van der Waals surface area contributed by atoms with Crippen molar-refractivity contribution in [3.63, 3.8) is 0 Å². The van der Waals surface area contributed by atoms with Gasteiger partial charge in [-0.05, 0) is 55.9 Å². The number of aliphatic carboxylic acids is 1. The summed E-state index contributed by atoms with van der Waals surface area (Å²) < 4.78 is 5.87. The van der Waals surface area contributed by atoms with Gasteiger partial charge in [0.25, 0.3) is 0 Å². The molecule has 0 bridgehead atoms. The summed E-state index contributed by atoms with van der Waals surface area (Å²) in [5.74, 6) is 0.349. The number of rotatable bonds is 4. The van der Waals surface area contributed by atoms with E-state index in [0.29, 0.717) is 0 Å². The summed E-state index contributed by atoms with van der Waals surface area (Å²) in [7, 11) is 0. The van der Waals surface area contributed by atoms with Crippen molar-refractivity contribution >= 4 is 17.6 Å². The maximum Gasteiger partial charge on any atom is 0.303 e. The molecule has 1 saturated carbocycles. The predicted octanol–water partition coefficient (Wildman–Crippen LogP) is 3.67. The Balaban J connectivity index is 1.91. The number of aryl methyl sites for hydroxylation is 1. The monoisotopic (exact) mass is 268 g/mol. The summed E-state index contributed by atoms with van der Waals surface area (Å²) >= 11 is 5.96. The van der Waals surface area contributed by atoms with Gasteiger partial charge in [0.2, 0.25) is 0 Å². The number of benzene rings is 1. The maximum absolute atomic E-state index is 10.6. The molecule has 0 spiro atoms. The maximum atomic E-state index is 10.6. The second kappa shape index (κ2) is 5.61. The first kappa shape index (κ1) is 13.2. The van der Waals surface area contributed by atoms with Gasteiger partial charge in [0, 0.05) is 11.4 Å². The van der Waals surface area contributed by atoms with Crippen LogP contribution in [-0.2, 0) is 4.79 Å². The molecule has 1 aliphatic rings. The molecule has 2 rings (SSSR count). The van der Waals surface area contributed by atoms with Crippen molar-refractivity contribution < 1.29 is 14.6 Å². The van der Waals surface area contributed by atoms with Crippen molar-refractivity contribution in [1.29, 1.82) is 0 Å². The molecular formula is C14H17ClO3. The van der Waals surface area contributed by atoms with Crippen LogP contribution >= 0.6 is 11.6 Å². The Morgan fingerprint density at radius 2 is 2.28 bits per heavy atom. The van der Waals surface area contributed by atoms with Crippen molar-refractivity contribution in [2.45, 2.75) is 38.7 Å². The molecule has 1 fully saturated rings. The summed E-state index contributed by atoms with van der Waals surface area (Å²) in [5, 5.41) is 9.50. The topological polar surface area (TPSA) is 46.5 Å². The van der Waals surface area contributed by atoms with Crippen molar-refractivity contribution in [3.8, 4) is 5.75 Å². The average Bonchev–Trinajstić information content (AvgIpc) is 2.70. The minimum atomic E-state index is -0.719. The average molecular weight is 269 g/mol. The summed E-state index contributed by atoms with van der Waals surface area (Å²) in [6, 6.07) is 5.61. The normalized spacial score (nSPS) is 23.0. The first-order chi connectivity index (χ1) is 8.54. The fraction of sp³-hybridized carbons (Fsp3) is 0.500. The largest absolute Gasteiger partial charge is 0.490 e. The molecule has 0 saturated heterocycles. The van der Waals surface area contributed by atoms with E-state index in [1.165, 1.54) is 0 Å². The lowest BCUT2D eigenvalue weighted by atomic mass is 10.0. The molecular weight excluding hydrogens is 252 g/mol. The van der Waals surface area contributed by atoms with Gasteiger partial charge in [-0.1, -0.05) is 11.6 Å². The van der Waals surface area contributed by atoms with Crippen LogP contribution in [0.4, 0.5) is 0 Å². The zero-order valence-electron chi connectivity index (χ0n) is 10.4. The molecule has 1 aromatic carbocycles. The van der Waals surface area contributed by atoms with E-state index in [0.717, 1.165) is 35.6 Å². The van der Waals surface area contributed by atoms with Gasteiger partial charge in [0.15, 0.2) is 0 Å². The molecule has 1 aliphatic carbocycles. The fourth-order valence-corrected chi connectivity index (χ4v) is 2.57. The summed E-state index contributed by atoms with van der Waals surface area (Å²) in [5.41, 5.74) is 0.995. The standard InChI is InChI=1S/C14H17ClO3/c1-9-6-11(4-5-13(9)15)18-12-3-2-10(7-12)8-14(16)17/h4-6,10,12H,2-3,7-8H2,1H3,(H,16,17). The molecule has 0 aromatic heterocycles. The Kier molecular flexibility index (Phi) is 4.12. The Hall–Kier alpha value is -1.22. The molecule has 0 aliphatic heterocycles. The van der Waals surface area contributed by atoms with E-state index in [2.05, 4.69) is 0 Å². The third kappa shape index (κ3) is 3.39. The Morgan fingerprint density at radius 3 is 2.94 bits per heavy atom. The van der Waals surface area contributed by atoms with E-state index in [9.17, 15) is 4.79 Å². The highest BCUT2D eigenvalue weighted by Gasteiger charge is 2.27. The third-order valence-corrected chi connectivity index (χ3v) is 3.81. The van der Waals surface area contributed by atoms with E-state index in [4.69, 9.17) is 21.4 Å². The highest BCUT2D eigenvalue weighted by molar-refractivity contribution is 6.31. The second-order valence-corrected chi connectivity index (χ2v) is 5.33. The van der Waals surface area contributed by atoms with E-state index in [1.54, 1.807) is 0 Å². The smallest absolute Gasteiger partial charge is 0.303 e. The summed E-state index contributed by atoms with van der Waals surface area (Å²) in [4.78, 5) is 10.6. The molecule has 1 N–H and O–H groups in total. The number of carboxylic acid groups (broad SMARTS) is 1. The summed E-state index contributed by atoms with van der Waals surface area (Å²) in [6.07, 6.45) is 3.08. The quantitative estimate of drug-likeness (QED) is 0.906. The van der Waals surface area contributed by atoms with Gasteiger partial charge in [-0.3, -0.25) is 4.79 Å². The molecule has 0 heterocycles. The van der Waals surface area contributed by atoms with Crippen LogP contribution in [-0.4, -0.2) is 17.2 Å². The van der Waals surface area contributed by atoms with Crippen LogP contribution in [0.3, 0.4) is 0 Å². The van der Waals surface area contributed by atoms with Crippen molar-refractivity contribution in [2.24, 2.45) is 5.92 Å². The molecule has 0 amide bonds. The lowest BCUT2D eigenvalue weighted by molar-refractivity contribution is -0.138. The lowest BCUT2D eigenvalue weighted by Crippen LogP contribution is -2.13. The number of halogens is 1. The van der Waals surface area contributed by atoms with Gasteiger partial charge in [-0.15, -0.1) is 0 Å². The van der Waals surface area contributed by atoms with Crippen LogP contribution in [0.1, 0.15) is 31.2 Å². The van der Waals surface area contributed by atoms with E-state index < -0.39 is 5.97 Å². The Labute approximate surface area is 112 Å². The van der Waals surface area contributed by atoms with Gasteiger partial charge in [-0.25, -0.2) is 0 Å². The number of hydrogen-bond acceptors (Lipinski definition) is 2. The van der Waals surface area contributed by atoms with Crippen molar-refractivity contribution in [3.05, 3.63) is 28.8 Å². The zero-order valence-corrected chi connectivity index (χ0v) is 11.1. The SMILES string of the molecule is Cc1cc(OC2CCC(CC(=O)O)C2)ccc1Cl. The molecule has 3 nitrogen and oxygen atoms in total. The van der Waals surface area contributed by atoms with Crippen molar-refractivity contribution in [2.75, 3.05) is 0 Å². The van der Waals surface area contributed by atoms with E-state index >= 15 is 0 Å². The number of ether oxygens (including phenoxy) is 1. The van der Waals surface area contributed by atoms with Crippen LogP contribution in [0.2, 0.25) is 5.02 Å². The van der Waals surface area contributed by atoms with Crippen molar-refractivity contribution in [1.82, 2.24) is 0 Å². The molecule has 1 aromatic rings. The van der Waals surface area contributed by atoms with Crippen LogP contribution in [0, 0.1) is 12.8 Å². The molecule has 2 atom stereocenters. The molecule has 0 radical (unpaired) electrons. The van der Waals surface area contributed by atoms with E-state index in [1.807, 2.05) is 25.1 Å². The third-order valence-electron chi connectivity index (χ3n) is 3.39. The van der Waals surface area contributed by atoms with Crippen LogP contribution in [0.15, 0.2) is 18.2 Å². The lowest BCUT2D eigenvalue weighted by Gasteiger charge is -2.14. The Morgan fingerprint density at radius 1 is 1.50 bits per heavy atom. The minimum absolute atomic E-state index is 0.134. The minimum Gasteiger partial charge on any atom is -0.490 e. The highest BCUT2D eigenvalue weighted by atomic mass is 35.5. The second-order valence-electron chi connectivity index (χ2n) is 4.93. The first-order valence-corrected chi connectivity index (χ1v) is 6.57. The zero-order chi connectivity index (χ0) is 13.1. The predicted molar refractivity (Wildman–Crippen MR) is 70.2 cm³/mol. The first-order valence-electron chi connectivity index (χ1n) is 6.19. The number of carbonyl (C=O) groups is 1. The van der Waals surface area contributed by atoms with Gasteiger partial charge < -0.3 is 9.84 Å². The molecule has 4 heteroatoms. The highest BCUT2D eigenvalue weighted by Crippen LogP contribution is 2.32. The van der Waals surface area contributed by atoms with Crippen LogP contribution in [0.25, 0.3) is 0 Å². The van der Waals surface area contributed by atoms with Crippen LogP contribution < -0.4 is 4.74 Å². The fourth-order valence-electron chi connectivity index (χ4n) is 2.45. The molecule has 98 valence electrons. The van der Waals surface area contributed by atoms with E-state index in [-0.39, 0.29) is 18.4 Å². The Bertz CT molecular complexity index is 445. The molecule has 2 unspecified atom stereocenters. The van der Waals surface area contributed by atoms with Crippen LogP contribution in [0.5, 0.6) is 5.75 Å². The number of hydrogen-bond donors (Lipinski definition) is 1. The van der Waals surface area contributed by atoms with Gasteiger partial charge >= 0.3 is 5.97 Å². The van der Waals surface area contributed by atoms with Gasteiger partial charge in [0.1, 0.15) is 5.75 Å². The number of carboxylic acids is 1. The summed E-state index contributed by atoms with van der Waals surface area (Å²) in [6.45, 7) is 1.94.